The zero-order valence-corrected chi connectivity index (χ0v) is 14.7. The summed E-state index contributed by atoms with van der Waals surface area (Å²) in [7, 11) is 0. The molecular formula is C21H21ClN2O. The zero-order chi connectivity index (χ0) is 17.2. The fraction of sp³-hybridized carbons (Fsp3) is 0.286. The first kappa shape index (κ1) is 16.2. The molecule has 1 aliphatic carbocycles. The lowest BCUT2D eigenvalue weighted by Crippen LogP contribution is -2.30. The number of fused-ring (bicyclic) bond motifs is 1. The van der Waals surface area contributed by atoms with Crippen LogP contribution in [0.4, 0.5) is 0 Å². The highest BCUT2D eigenvalue weighted by Gasteiger charge is 2.33. The SMILES string of the molecule is O=C(CCc1c[nH]c2ccccc12)NC(c1ccc(Cl)cc1)C1CC1. The number of aromatic nitrogens is 1. The Balaban J connectivity index is 1.41. The Bertz CT molecular complexity index is 880. The molecule has 1 unspecified atom stereocenters. The fourth-order valence-electron chi connectivity index (χ4n) is 3.41. The standard InChI is InChI=1S/C21H21ClN2O/c22-17-10-7-15(8-11-17)21(14-5-6-14)24-20(25)12-9-16-13-23-19-4-2-1-3-18(16)19/h1-4,7-8,10-11,13-14,21,23H,5-6,9,12H2,(H,24,25). The van der Waals surface area contributed by atoms with Gasteiger partial charge in [0.05, 0.1) is 6.04 Å². The van der Waals surface area contributed by atoms with Crippen molar-refractivity contribution >= 4 is 28.4 Å². The number of halogens is 1. The molecule has 25 heavy (non-hydrogen) atoms. The average molecular weight is 353 g/mol. The number of hydrogen-bond donors (Lipinski definition) is 2. The van der Waals surface area contributed by atoms with Gasteiger partial charge in [0, 0.05) is 28.5 Å². The minimum absolute atomic E-state index is 0.104. The van der Waals surface area contributed by atoms with E-state index in [4.69, 9.17) is 11.6 Å². The number of carbonyl (C=O) groups is 1. The molecule has 4 rings (SSSR count). The average Bonchev–Trinajstić information content (AvgIpc) is 3.39. The monoisotopic (exact) mass is 352 g/mol. The summed E-state index contributed by atoms with van der Waals surface area (Å²) >= 11 is 5.98. The molecule has 3 aromatic rings. The van der Waals surface area contributed by atoms with Crippen molar-refractivity contribution in [2.75, 3.05) is 0 Å². The molecule has 0 radical (unpaired) electrons. The van der Waals surface area contributed by atoms with Gasteiger partial charge in [0.1, 0.15) is 0 Å². The third-order valence-electron chi connectivity index (χ3n) is 4.94. The molecular weight excluding hydrogens is 332 g/mol. The normalized spacial score (nSPS) is 15.2. The van der Waals surface area contributed by atoms with E-state index in [9.17, 15) is 4.79 Å². The molecule has 1 fully saturated rings. The van der Waals surface area contributed by atoms with Gasteiger partial charge in [0.15, 0.2) is 0 Å². The smallest absolute Gasteiger partial charge is 0.220 e. The molecule has 1 aromatic heterocycles. The van der Waals surface area contributed by atoms with E-state index < -0.39 is 0 Å². The van der Waals surface area contributed by atoms with Gasteiger partial charge in [-0.15, -0.1) is 0 Å². The summed E-state index contributed by atoms with van der Waals surface area (Å²) in [6.45, 7) is 0. The van der Waals surface area contributed by atoms with E-state index in [1.165, 1.54) is 23.8 Å². The Morgan fingerprint density at radius 1 is 1.16 bits per heavy atom. The lowest BCUT2D eigenvalue weighted by atomic mass is 10.0. The van der Waals surface area contributed by atoms with Gasteiger partial charge >= 0.3 is 0 Å². The predicted octanol–water partition coefficient (Wildman–Crippen LogP) is 5.02. The third-order valence-corrected chi connectivity index (χ3v) is 5.19. The number of amides is 1. The van der Waals surface area contributed by atoms with Crippen LogP contribution in [0.2, 0.25) is 5.02 Å². The summed E-state index contributed by atoms with van der Waals surface area (Å²) < 4.78 is 0. The molecule has 0 aliphatic heterocycles. The molecule has 1 aliphatic rings. The van der Waals surface area contributed by atoms with Gasteiger partial charge in [-0.1, -0.05) is 41.9 Å². The van der Waals surface area contributed by atoms with E-state index in [1.54, 1.807) is 0 Å². The van der Waals surface area contributed by atoms with Crippen molar-refractivity contribution in [3.05, 3.63) is 70.9 Å². The maximum Gasteiger partial charge on any atom is 0.220 e. The van der Waals surface area contributed by atoms with Crippen LogP contribution >= 0.6 is 11.6 Å². The Kier molecular flexibility index (Phi) is 4.50. The van der Waals surface area contributed by atoms with Crippen LogP contribution in [0.25, 0.3) is 10.9 Å². The molecule has 4 heteroatoms. The summed E-state index contributed by atoms with van der Waals surface area (Å²) in [5.74, 6) is 0.662. The molecule has 1 amide bonds. The van der Waals surface area contributed by atoms with Crippen molar-refractivity contribution in [3.8, 4) is 0 Å². The first-order valence-electron chi connectivity index (χ1n) is 8.80. The van der Waals surface area contributed by atoms with Crippen LogP contribution in [-0.4, -0.2) is 10.9 Å². The van der Waals surface area contributed by atoms with E-state index in [2.05, 4.69) is 22.4 Å². The van der Waals surface area contributed by atoms with Gasteiger partial charge in [-0.05, 0) is 54.5 Å². The number of carbonyl (C=O) groups excluding carboxylic acids is 1. The van der Waals surface area contributed by atoms with Gasteiger partial charge < -0.3 is 10.3 Å². The van der Waals surface area contributed by atoms with Crippen LogP contribution in [0.5, 0.6) is 0 Å². The van der Waals surface area contributed by atoms with Gasteiger partial charge in [0.25, 0.3) is 0 Å². The van der Waals surface area contributed by atoms with Gasteiger partial charge in [0.2, 0.25) is 5.91 Å². The van der Waals surface area contributed by atoms with E-state index >= 15 is 0 Å². The van der Waals surface area contributed by atoms with Crippen molar-refractivity contribution < 1.29 is 4.79 Å². The second-order valence-electron chi connectivity index (χ2n) is 6.79. The summed E-state index contributed by atoms with van der Waals surface area (Å²) in [5, 5.41) is 5.16. The maximum atomic E-state index is 12.5. The van der Waals surface area contributed by atoms with Crippen molar-refractivity contribution in [2.24, 2.45) is 5.92 Å². The number of para-hydroxylation sites is 1. The Labute approximate surface area is 152 Å². The van der Waals surface area contributed by atoms with E-state index in [1.807, 2.05) is 42.6 Å². The predicted molar refractivity (Wildman–Crippen MR) is 102 cm³/mol. The van der Waals surface area contributed by atoms with Crippen molar-refractivity contribution in [2.45, 2.75) is 31.7 Å². The van der Waals surface area contributed by atoms with E-state index in [0.717, 1.165) is 22.5 Å². The Hall–Kier alpha value is -2.26. The third kappa shape index (κ3) is 3.72. The van der Waals surface area contributed by atoms with Gasteiger partial charge in [-0.2, -0.15) is 0 Å². The van der Waals surface area contributed by atoms with Crippen LogP contribution in [0.1, 0.15) is 36.4 Å². The first-order chi connectivity index (χ1) is 12.2. The molecule has 2 aromatic carbocycles. The lowest BCUT2D eigenvalue weighted by molar-refractivity contribution is -0.122. The highest BCUT2D eigenvalue weighted by Crippen LogP contribution is 2.41. The zero-order valence-electron chi connectivity index (χ0n) is 14.0. The second-order valence-corrected chi connectivity index (χ2v) is 7.23. The largest absolute Gasteiger partial charge is 0.361 e. The minimum Gasteiger partial charge on any atom is -0.361 e. The van der Waals surface area contributed by atoms with Crippen LogP contribution in [0, 0.1) is 5.92 Å². The van der Waals surface area contributed by atoms with Crippen LogP contribution in [0.3, 0.4) is 0 Å². The topological polar surface area (TPSA) is 44.9 Å². The van der Waals surface area contributed by atoms with Crippen molar-refractivity contribution in [1.29, 1.82) is 0 Å². The lowest BCUT2D eigenvalue weighted by Gasteiger charge is -2.19. The molecule has 1 atom stereocenters. The highest BCUT2D eigenvalue weighted by molar-refractivity contribution is 6.30. The second kappa shape index (κ2) is 6.93. The summed E-state index contributed by atoms with van der Waals surface area (Å²) in [6, 6.07) is 16.1. The van der Waals surface area contributed by atoms with Crippen molar-refractivity contribution in [1.82, 2.24) is 10.3 Å². The number of benzene rings is 2. The number of aryl methyl sites for hydroxylation is 1. The number of rotatable bonds is 6. The minimum atomic E-state index is 0.104. The number of H-pyrrole nitrogens is 1. The quantitative estimate of drug-likeness (QED) is 0.642. The molecule has 128 valence electrons. The van der Waals surface area contributed by atoms with E-state index in [0.29, 0.717) is 12.3 Å². The molecule has 0 bridgehead atoms. The van der Waals surface area contributed by atoms with Crippen LogP contribution in [0.15, 0.2) is 54.7 Å². The molecule has 0 saturated heterocycles. The van der Waals surface area contributed by atoms with Gasteiger partial charge in [-0.25, -0.2) is 0 Å². The molecule has 0 spiro atoms. The fourth-order valence-corrected chi connectivity index (χ4v) is 3.53. The molecule has 1 saturated carbocycles. The first-order valence-corrected chi connectivity index (χ1v) is 9.18. The molecule has 3 nitrogen and oxygen atoms in total. The van der Waals surface area contributed by atoms with Gasteiger partial charge in [-0.3, -0.25) is 4.79 Å². The van der Waals surface area contributed by atoms with E-state index in [-0.39, 0.29) is 11.9 Å². The van der Waals surface area contributed by atoms with Crippen LogP contribution in [-0.2, 0) is 11.2 Å². The Morgan fingerprint density at radius 2 is 1.92 bits per heavy atom. The number of aromatic amines is 1. The Morgan fingerprint density at radius 3 is 2.68 bits per heavy atom. The molecule has 2 N–H and O–H groups in total. The number of nitrogens with one attached hydrogen (secondary N) is 2. The van der Waals surface area contributed by atoms with Crippen molar-refractivity contribution in [3.63, 3.8) is 0 Å². The molecule has 1 heterocycles. The van der Waals surface area contributed by atoms with Crippen LogP contribution < -0.4 is 5.32 Å². The summed E-state index contributed by atoms with van der Waals surface area (Å²) in [5.41, 5.74) is 3.46. The highest BCUT2D eigenvalue weighted by atomic mass is 35.5. The maximum absolute atomic E-state index is 12.5. The summed E-state index contributed by atoms with van der Waals surface area (Å²) in [6.07, 6.45) is 5.61. The summed E-state index contributed by atoms with van der Waals surface area (Å²) in [4.78, 5) is 15.8. The number of hydrogen-bond acceptors (Lipinski definition) is 1.